The molecule has 0 fully saturated rings. The number of hydrogen-bond donors (Lipinski definition) is 2. The quantitative estimate of drug-likeness (QED) is 0.367. The molecule has 0 rings (SSSR count). The molecule has 1 nitrogen and oxygen atoms in total. The largest absolute Gasteiger partial charge is 0.339 e. The van der Waals surface area contributed by atoms with Crippen molar-refractivity contribution in [3.8, 4) is 0 Å². The highest BCUT2D eigenvalue weighted by molar-refractivity contribution is 8.76. The molecular formula is C7H17OPS2. The lowest BCUT2D eigenvalue weighted by molar-refractivity contribution is 0.349. The van der Waals surface area contributed by atoms with Crippen LogP contribution >= 0.6 is 31.0 Å². The van der Waals surface area contributed by atoms with Crippen molar-refractivity contribution in [2.45, 2.75) is 39.0 Å². The smallest absolute Gasteiger partial charge is 0.145 e. The zero-order chi connectivity index (χ0) is 8.53. The fraction of sp³-hybridized carbons (Fsp3) is 1.00. The molecule has 0 aromatic rings. The van der Waals surface area contributed by atoms with E-state index in [0.29, 0.717) is 0 Å². The molecule has 0 aliphatic carbocycles. The van der Waals surface area contributed by atoms with Crippen LogP contribution in [-0.2, 0) is 4.52 Å². The van der Waals surface area contributed by atoms with Crippen molar-refractivity contribution >= 4 is 31.0 Å². The van der Waals surface area contributed by atoms with Crippen LogP contribution in [0.4, 0.5) is 0 Å². The first-order valence-corrected chi connectivity index (χ1v) is 7.64. The van der Waals surface area contributed by atoms with E-state index < -0.39 is 6.55 Å². The van der Waals surface area contributed by atoms with Crippen LogP contribution in [0.15, 0.2) is 0 Å². The fourth-order valence-electron chi connectivity index (χ4n) is 0.852. The van der Waals surface area contributed by atoms with E-state index in [4.69, 9.17) is 4.52 Å². The minimum absolute atomic E-state index is 0.736. The van der Waals surface area contributed by atoms with Crippen LogP contribution in [0.1, 0.15) is 39.0 Å². The minimum atomic E-state index is -0.736. The van der Waals surface area contributed by atoms with Gasteiger partial charge in [0.05, 0.1) is 6.61 Å². The molecule has 0 aromatic carbocycles. The summed E-state index contributed by atoms with van der Waals surface area (Å²) < 4.78 is 5.22. The highest BCUT2D eigenvalue weighted by Gasteiger charge is 1.94. The topological polar surface area (TPSA) is 9.23 Å². The van der Waals surface area contributed by atoms with Gasteiger partial charge in [0, 0.05) is 0 Å². The Morgan fingerprint density at radius 1 is 1.09 bits per heavy atom. The lowest BCUT2D eigenvalue weighted by Crippen LogP contribution is -1.85. The average molecular weight is 212 g/mol. The Morgan fingerprint density at radius 2 is 1.73 bits per heavy atom. The van der Waals surface area contributed by atoms with Gasteiger partial charge in [0.25, 0.3) is 0 Å². The molecule has 0 aromatic heterocycles. The van der Waals surface area contributed by atoms with Gasteiger partial charge >= 0.3 is 0 Å². The van der Waals surface area contributed by atoms with E-state index in [9.17, 15) is 0 Å². The van der Waals surface area contributed by atoms with E-state index in [1.165, 1.54) is 25.7 Å². The first kappa shape index (κ1) is 12.1. The molecule has 0 saturated carbocycles. The van der Waals surface area contributed by atoms with Gasteiger partial charge in [-0.05, 0) is 6.42 Å². The van der Waals surface area contributed by atoms with Crippen molar-refractivity contribution in [3.05, 3.63) is 0 Å². The average Bonchev–Trinajstić information content (AvgIpc) is 1.96. The van der Waals surface area contributed by atoms with Gasteiger partial charge < -0.3 is 4.52 Å². The third-order valence-electron chi connectivity index (χ3n) is 1.45. The number of hydrogen-bond acceptors (Lipinski definition) is 3. The predicted octanol–water partition coefficient (Wildman–Crippen LogP) is 4.06. The molecule has 0 radical (unpaired) electrons. The second kappa shape index (κ2) is 9.18. The molecule has 0 N–H and O–H groups in total. The number of unbranched alkanes of at least 4 members (excludes halogenated alkanes) is 4. The summed E-state index contributed by atoms with van der Waals surface area (Å²) >= 11 is 8.10. The Labute approximate surface area is 81.4 Å². The summed E-state index contributed by atoms with van der Waals surface area (Å²) in [5, 5.41) is 0. The molecule has 68 valence electrons. The monoisotopic (exact) mass is 212 g/mol. The number of thiol groups is 2. The molecule has 0 heterocycles. The molecule has 0 aliphatic heterocycles. The molecular weight excluding hydrogens is 195 g/mol. The third kappa shape index (κ3) is 11.1. The molecule has 0 atom stereocenters. The van der Waals surface area contributed by atoms with Crippen LogP contribution in [0.5, 0.6) is 0 Å². The van der Waals surface area contributed by atoms with E-state index in [1.807, 2.05) is 0 Å². The zero-order valence-electron chi connectivity index (χ0n) is 6.99. The Bertz CT molecular complexity index is 80.8. The van der Waals surface area contributed by atoms with Crippen LogP contribution < -0.4 is 0 Å². The van der Waals surface area contributed by atoms with Crippen molar-refractivity contribution < 1.29 is 4.52 Å². The van der Waals surface area contributed by atoms with Crippen LogP contribution in [0.2, 0.25) is 0 Å². The van der Waals surface area contributed by atoms with Crippen LogP contribution in [0.25, 0.3) is 0 Å². The second-order valence-corrected chi connectivity index (χ2v) is 6.39. The number of rotatable bonds is 7. The van der Waals surface area contributed by atoms with Crippen LogP contribution in [0.3, 0.4) is 0 Å². The van der Waals surface area contributed by atoms with Crippen molar-refractivity contribution in [3.63, 3.8) is 0 Å². The summed E-state index contributed by atoms with van der Waals surface area (Å²) in [5.74, 6) is 0. The van der Waals surface area contributed by atoms with Gasteiger partial charge in [0.2, 0.25) is 0 Å². The molecule has 0 unspecified atom stereocenters. The fourth-order valence-corrected chi connectivity index (χ4v) is 1.63. The second-order valence-electron chi connectivity index (χ2n) is 2.50. The highest BCUT2D eigenvalue weighted by Crippen LogP contribution is 2.46. The molecule has 0 aliphatic rings. The Morgan fingerprint density at radius 3 is 2.27 bits per heavy atom. The molecule has 0 spiro atoms. The Kier molecular flexibility index (Phi) is 10.1. The molecule has 0 bridgehead atoms. The Balaban J connectivity index is 2.80. The SMILES string of the molecule is CCCCCCCOP(S)S. The minimum Gasteiger partial charge on any atom is -0.339 e. The lowest BCUT2D eigenvalue weighted by Gasteiger charge is -2.04. The van der Waals surface area contributed by atoms with Crippen LogP contribution in [-0.4, -0.2) is 6.61 Å². The summed E-state index contributed by atoms with van der Waals surface area (Å²) in [7, 11) is 0. The molecule has 4 heteroatoms. The summed E-state index contributed by atoms with van der Waals surface area (Å²) in [4.78, 5) is 0. The zero-order valence-corrected chi connectivity index (χ0v) is 9.68. The maximum atomic E-state index is 5.22. The third-order valence-corrected chi connectivity index (χ3v) is 2.56. The summed E-state index contributed by atoms with van der Waals surface area (Å²) in [6.45, 7) is 2.31. The summed E-state index contributed by atoms with van der Waals surface area (Å²) in [5.41, 5.74) is 0. The Hall–Kier alpha value is 1.09. The van der Waals surface area contributed by atoms with Crippen molar-refractivity contribution in [1.82, 2.24) is 0 Å². The van der Waals surface area contributed by atoms with Crippen molar-refractivity contribution in [2.75, 3.05) is 6.61 Å². The standard InChI is InChI=1S/C7H17OPS2/c1-2-3-4-5-6-7-8-9(10)11/h10-11H,2-7H2,1H3. The van der Waals surface area contributed by atoms with E-state index in [0.717, 1.165) is 13.0 Å². The summed E-state index contributed by atoms with van der Waals surface area (Å²) in [6.07, 6.45) is 6.40. The predicted molar refractivity (Wildman–Crippen MR) is 59.6 cm³/mol. The normalized spacial score (nSPS) is 10.9. The lowest BCUT2D eigenvalue weighted by atomic mass is 10.2. The van der Waals surface area contributed by atoms with Gasteiger partial charge in [-0.15, -0.1) is 24.5 Å². The van der Waals surface area contributed by atoms with Gasteiger partial charge in [-0.3, -0.25) is 0 Å². The van der Waals surface area contributed by atoms with E-state index in [1.54, 1.807) is 0 Å². The van der Waals surface area contributed by atoms with Gasteiger partial charge in [-0.1, -0.05) is 32.6 Å². The van der Waals surface area contributed by atoms with Gasteiger partial charge in [0.15, 0.2) is 0 Å². The molecule has 0 saturated heterocycles. The maximum Gasteiger partial charge on any atom is 0.145 e. The van der Waals surface area contributed by atoms with Crippen LogP contribution in [0, 0.1) is 0 Å². The van der Waals surface area contributed by atoms with Crippen molar-refractivity contribution in [2.24, 2.45) is 0 Å². The first-order chi connectivity index (χ1) is 5.27. The highest BCUT2D eigenvalue weighted by atomic mass is 33.1. The van der Waals surface area contributed by atoms with Crippen molar-refractivity contribution in [1.29, 1.82) is 0 Å². The van der Waals surface area contributed by atoms with E-state index >= 15 is 0 Å². The molecule has 0 amide bonds. The maximum absolute atomic E-state index is 5.22. The van der Waals surface area contributed by atoms with Gasteiger partial charge in [-0.2, -0.15) is 0 Å². The van der Waals surface area contributed by atoms with E-state index in [-0.39, 0.29) is 0 Å². The first-order valence-electron chi connectivity index (χ1n) is 4.08. The van der Waals surface area contributed by atoms with E-state index in [2.05, 4.69) is 31.4 Å². The van der Waals surface area contributed by atoms with Gasteiger partial charge in [-0.25, -0.2) is 0 Å². The molecule has 11 heavy (non-hydrogen) atoms. The summed E-state index contributed by atoms with van der Waals surface area (Å²) in [6, 6.07) is 0. The van der Waals surface area contributed by atoms with Gasteiger partial charge in [0.1, 0.15) is 6.55 Å².